The molecule has 1 aromatic carbocycles. The second-order valence-corrected chi connectivity index (χ2v) is 6.83. The third-order valence-corrected chi connectivity index (χ3v) is 4.35. The first-order valence-corrected chi connectivity index (χ1v) is 10.1. The highest BCUT2D eigenvalue weighted by atomic mass is 35.5. The second kappa shape index (κ2) is 15.4. The minimum absolute atomic E-state index is 0. The highest BCUT2D eigenvalue weighted by Gasteiger charge is 2.16. The van der Waals surface area contributed by atoms with Crippen molar-refractivity contribution in [2.75, 3.05) is 36.4 Å². The van der Waals surface area contributed by atoms with Gasteiger partial charge in [0.2, 0.25) is 0 Å². The van der Waals surface area contributed by atoms with Gasteiger partial charge in [0.15, 0.2) is 0 Å². The number of nitrogens with two attached hydrogens (primary N) is 1. The molecule has 2 N–H and O–H groups in total. The lowest BCUT2D eigenvalue weighted by Crippen LogP contribution is -2.34. The van der Waals surface area contributed by atoms with Crippen LogP contribution < -0.4 is 10.6 Å². The molecule has 0 saturated heterocycles. The summed E-state index contributed by atoms with van der Waals surface area (Å²) in [6, 6.07) is 7.37. The summed E-state index contributed by atoms with van der Waals surface area (Å²) in [6.45, 7) is 4.10. The fourth-order valence-corrected chi connectivity index (χ4v) is 2.97. The third-order valence-electron chi connectivity index (χ3n) is 4.01. The van der Waals surface area contributed by atoms with E-state index in [4.69, 9.17) is 33.7 Å². The molecule has 0 unspecified atom stereocenters. The van der Waals surface area contributed by atoms with Crippen LogP contribution >= 0.6 is 35.6 Å². The predicted molar refractivity (Wildman–Crippen MR) is 114 cm³/mol. The van der Waals surface area contributed by atoms with Crippen LogP contribution in [0.3, 0.4) is 0 Å². The number of anilines is 1. The van der Waals surface area contributed by atoms with Crippen LogP contribution in [0.5, 0.6) is 0 Å². The SMILES string of the molecule is CCCCCCOC(=O)[C@@H](N)Cc1ccc(N(CCCl)CCCl)cc1.Cl. The first-order chi connectivity index (χ1) is 12.1. The monoisotopic (exact) mass is 424 g/mol. The molecule has 0 amide bonds. The van der Waals surface area contributed by atoms with E-state index in [2.05, 4.69) is 11.8 Å². The molecule has 0 saturated carbocycles. The fraction of sp³-hybridized carbons (Fsp3) is 0.632. The Balaban J connectivity index is 0.00000625. The van der Waals surface area contributed by atoms with Gasteiger partial charge in [-0.15, -0.1) is 35.6 Å². The normalized spacial score (nSPS) is 11.5. The molecule has 1 atom stereocenters. The van der Waals surface area contributed by atoms with Gasteiger partial charge >= 0.3 is 5.97 Å². The zero-order valence-corrected chi connectivity index (χ0v) is 17.8. The van der Waals surface area contributed by atoms with Gasteiger partial charge < -0.3 is 15.4 Å². The smallest absolute Gasteiger partial charge is 0.323 e. The standard InChI is InChI=1S/C19H30Cl2N2O2.ClH/c1-2-3-4-5-14-25-19(24)18(22)15-16-6-8-17(9-7-16)23(12-10-20)13-11-21;/h6-9,18H,2-5,10-15,22H2,1H3;1H/t18-;/m0./s1. The van der Waals surface area contributed by atoms with Crippen molar-refractivity contribution >= 4 is 47.3 Å². The zero-order chi connectivity index (χ0) is 18.5. The van der Waals surface area contributed by atoms with Crippen LogP contribution in [0, 0.1) is 0 Å². The van der Waals surface area contributed by atoms with Gasteiger partial charge in [-0.25, -0.2) is 0 Å². The number of carbonyl (C=O) groups excluding carboxylic acids is 1. The van der Waals surface area contributed by atoms with Crippen molar-refractivity contribution in [1.82, 2.24) is 0 Å². The van der Waals surface area contributed by atoms with E-state index in [1.165, 1.54) is 6.42 Å². The molecule has 0 fully saturated rings. The van der Waals surface area contributed by atoms with Gasteiger partial charge in [-0.1, -0.05) is 38.3 Å². The van der Waals surface area contributed by atoms with Crippen molar-refractivity contribution < 1.29 is 9.53 Å². The summed E-state index contributed by atoms with van der Waals surface area (Å²) in [5.74, 6) is 0.771. The average Bonchev–Trinajstić information content (AvgIpc) is 2.62. The summed E-state index contributed by atoms with van der Waals surface area (Å²) < 4.78 is 5.25. The van der Waals surface area contributed by atoms with E-state index in [0.717, 1.165) is 43.6 Å². The first-order valence-electron chi connectivity index (χ1n) is 9.00. The van der Waals surface area contributed by atoms with Crippen LogP contribution in [-0.4, -0.2) is 43.5 Å². The number of unbranched alkanes of at least 4 members (excludes halogenated alkanes) is 3. The molecule has 1 rings (SSSR count). The second-order valence-electron chi connectivity index (χ2n) is 6.07. The van der Waals surface area contributed by atoms with Gasteiger partial charge in [-0.3, -0.25) is 4.79 Å². The third kappa shape index (κ3) is 9.86. The number of benzene rings is 1. The van der Waals surface area contributed by atoms with E-state index in [9.17, 15) is 4.79 Å². The van der Waals surface area contributed by atoms with Crippen molar-refractivity contribution in [2.24, 2.45) is 5.73 Å². The Morgan fingerprint density at radius 3 is 2.27 bits per heavy atom. The van der Waals surface area contributed by atoms with Crippen LogP contribution in [0.4, 0.5) is 5.69 Å². The average molecular weight is 426 g/mol. The molecular weight excluding hydrogens is 395 g/mol. The summed E-state index contributed by atoms with van der Waals surface area (Å²) in [7, 11) is 0. The van der Waals surface area contributed by atoms with Crippen LogP contribution in [0.15, 0.2) is 24.3 Å². The number of alkyl halides is 2. The Morgan fingerprint density at radius 2 is 1.73 bits per heavy atom. The van der Waals surface area contributed by atoms with Gasteiger partial charge in [0.1, 0.15) is 6.04 Å². The van der Waals surface area contributed by atoms with Crippen LogP contribution in [0.25, 0.3) is 0 Å². The summed E-state index contributed by atoms with van der Waals surface area (Å²) in [4.78, 5) is 14.1. The minimum atomic E-state index is -0.626. The van der Waals surface area contributed by atoms with Crippen LogP contribution in [0.1, 0.15) is 38.2 Å². The van der Waals surface area contributed by atoms with E-state index in [-0.39, 0.29) is 18.4 Å². The Hall–Kier alpha value is -0.680. The molecule has 7 heteroatoms. The van der Waals surface area contributed by atoms with Crippen molar-refractivity contribution in [3.63, 3.8) is 0 Å². The van der Waals surface area contributed by atoms with E-state index in [1.54, 1.807) is 0 Å². The van der Waals surface area contributed by atoms with E-state index in [1.807, 2.05) is 24.3 Å². The molecule has 0 radical (unpaired) electrons. The fourth-order valence-electron chi connectivity index (χ4n) is 2.56. The molecule has 0 bridgehead atoms. The van der Waals surface area contributed by atoms with Crippen LogP contribution in [0.2, 0.25) is 0 Å². The van der Waals surface area contributed by atoms with Gasteiger partial charge in [-0.2, -0.15) is 0 Å². The lowest BCUT2D eigenvalue weighted by atomic mass is 10.1. The number of nitrogens with zero attached hydrogens (tertiary/aromatic N) is 1. The molecule has 1 aromatic rings. The lowest BCUT2D eigenvalue weighted by Gasteiger charge is -2.23. The highest BCUT2D eigenvalue weighted by molar-refractivity contribution is 6.18. The van der Waals surface area contributed by atoms with E-state index in [0.29, 0.717) is 24.8 Å². The number of ether oxygens (including phenoxy) is 1. The Morgan fingerprint density at radius 1 is 1.12 bits per heavy atom. The topological polar surface area (TPSA) is 55.6 Å². The summed E-state index contributed by atoms with van der Waals surface area (Å²) >= 11 is 11.7. The van der Waals surface area contributed by atoms with Crippen LogP contribution in [-0.2, 0) is 16.0 Å². The maximum Gasteiger partial charge on any atom is 0.323 e. The Kier molecular flexibility index (Phi) is 15.0. The number of halogens is 3. The quantitative estimate of drug-likeness (QED) is 0.289. The summed E-state index contributed by atoms with van der Waals surface area (Å²) in [5, 5.41) is 0. The highest BCUT2D eigenvalue weighted by Crippen LogP contribution is 2.16. The molecule has 0 spiro atoms. The molecule has 0 aromatic heterocycles. The summed E-state index contributed by atoms with van der Waals surface area (Å²) in [5.41, 5.74) is 8.04. The number of hydrogen-bond acceptors (Lipinski definition) is 4. The minimum Gasteiger partial charge on any atom is -0.465 e. The molecule has 0 aliphatic carbocycles. The number of carbonyl (C=O) groups is 1. The number of hydrogen-bond donors (Lipinski definition) is 1. The lowest BCUT2D eigenvalue weighted by molar-refractivity contribution is -0.145. The molecule has 150 valence electrons. The maximum absolute atomic E-state index is 11.9. The van der Waals surface area contributed by atoms with Gasteiger partial charge in [0.05, 0.1) is 6.61 Å². The zero-order valence-electron chi connectivity index (χ0n) is 15.5. The van der Waals surface area contributed by atoms with Gasteiger partial charge in [0.25, 0.3) is 0 Å². The van der Waals surface area contributed by atoms with E-state index < -0.39 is 6.04 Å². The number of rotatable bonds is 13. The van der Waals surface area contributed by atoms with Crippen molar-refractivity contribution in [2.45, 2.75) is 45.1 Å². The number of esters is 1. The molecule has 0 aliphatic rings. The first kappa shape index (κ1) is 25.3. The maximum atomic E-state index is 11.9. The van der Waals surface area contributed by atoms with Gasteiger partial charge in [0, 0.05) is 30.5 Å². The molecule has 0 aliphatic heterocycles. The molecule has 0 heterocycles. The largest absolute Gasteiger partial charge is 0.465 e. The van der Waals surface area contributed by atoms with Gasteiger partial charge in [-0.05, 0) is 30.5 Å². The Bertz CT molecular complexity index is 480. The van der Waals surface area contributed by atoms with E-state index >= 15 is 0 Å². The molecular formula is C19H31Cl3N2O2. The summed E-state index contributed by atoms with van der Waals surface area (Å²) in [6.07, 6.45) is 4.79. The molecule has 4 nitrogen and oxygen atoms in total. The van der Waals surface area contributed by atoms with Crippen molar-refractivity contribution in [1.29, 1.82) is 0 Å². The predicted octanol–water partition coefficient (Wildman–Crippen LogP) is 4.39. The van der Waals surface area contributed by atoms with Crippen molar-refractivity contribution in [3.05, 3.63) is 29.8 Å². The molecule has 26 heavy (non-hydrogen) atoms. The Labute approximate surface area is 173 Å². The van der Waals surface area contributed by atoms with Crippen molar-refractivity contribution in [3.8, 4) is 0 Å².